The Kier molecular flexibility index (Phi) is 4.64. The van der Waals surface area contributed by atoms with E-state index in [0.29, 0.717) is 44.3 Å². The van der Waals surface area contributed by atoms with Crippen LogP contribution in [0.15, 0.2) is 24.3 Å². The molecule has 3 unspecified atom stereocenters. The number of carboxylic acid groups (broad SMARTS) is 1. The highest BCUT2D eigenvalue weighted by atomic mass is 19.1. The van der Waals surface area contributed by atoms with Crippen LogP contribution in [-0.4, -0.2) is 40.8 Å². The van der Waals surface area contributed by atoms with Gasteiger partial charge in [-0.15, -0.1) is 0 Å². The minimum absolute atomic E-state index is 0.0871. The number of nitrogens with zero attached hydrogens (tertiary/aromatic N) is 1. The summed E-state index contributed by atoms with van der Waals surface area (Å²) in [4.78, 5) is 37.8. The van der Waals surface area contributed by atoms with Gasteiger partial charge in [0.05, 0.1) is 11.8 Å². The number of aliphatic carboxylic acids is 1. The summed E-state index contributed by atoms with van der Waals surface area (Å²) in [5.41, 5.74) is 0.447. The lowest BCUT2D eigenvalue weighted by Gasteiger charge is -2.39. The molecule has 0 spiro atoms. The maximum Gasteiger partial charge on any atom is 0.307 e. The molecule has 1 aliphatic carbocycles. The molecule has 1 aliphatic heterocycles. The van der Waals surface area contributed by atoms with Crippen LogP contribution in [0.3, 0.4) is 0 Å². The molecule has 0 bridgehead atoms. The molecule has 0 aromatic heterocycles. The number of ketones is 1. The summed E-state index contributed by atoms with van der Waals surface area (Å²) in [5, 5.41) is 9.11. The van der Waals surface area contributed by atoms with Gasteiger partial charge in [-0.2, -0.15) is 0 Å². The van der Waals surface area contributed by atoms with Crippen molar-refractivity contribution < 1.29 is 23.9 Å². The molecule has 0 radical (unpaired) electrons. The zero-order valence-electron chi connectivity index (χ0n) is 13.3. The van der Waals surface area contributed by atoms with Gasteiger partial charge >= 0.3 is 5.97 Å². The molecule has 2 fully saturated rings. The molecule has 5 nitrogen and oxygen atoms in total. The number of amides is 1. The molecule has 1 saturated carbocycles. The van der Waals surface area contributed by atoms with Crippen molar-refractivity contribution in [2.24, 2.45) is 17.8 Å². The maximum atomic E-state index is 13.0. The van der Waals surface area contributed by atoms with Crippen LogP contribution in [0.1, 0.15) is 36.0 Å². The van der Waals surface area contributed by atoms with Crippen LogP contribution in [0, 0.1) is 23.6 Å². The Morgan fingerprint density at radius 1 is 1.04 bits per heavy atom. The van der Waals surface area contributed by atoms with Crippen molar-refractivity contribution >= 4 is 17.7 Å². The van der Waals surface area contributed by atoms with Crippen molar-refractivity contribution in [2.75, 3.05) is 13.1 Å². The average molecular weight is 333 g/mol. The summed E-state index contributed by atoms with van der Waals surface area (Å²) in [6.45, 7) is 0.882. The van der Waals surface area contributed by atoms with Crippen LogP contribution in [0.4, 0.5) is 4.39 Å². The third kappa shape index (κ3) is 3.18. The van der Waals surface area contributed by atoms with Gasteiger partial charge in [-0.05, 0) is 49.9 Å². The Balaban J connectivity index is 1.66. The van der Waals surface area contributed by atoms with Gasteiger partial charge in [0.15, 0.2) is 5.78 Å². The topological polar surface area (TPSA) is 74.7 Å². The van der Waals surface area contributed by atoms with Gasteiger partial charge in [0.1, 0.15) is 5.82 Å². The van der Waals surface area contributed by atoms with Gasteiger partial charge in [0.2, 0.25) is 5.91 Å². The quantitative estimate of drug-likeness (QED) is 0.859. The first-order valence-corrected chi connectivity index (χ1v) is 8.28. The highest BCUT2D eigenvalue weighted by Crippen LogP contribution is 2.37. The Labute approximate surface area is 139 Å². The lowest BCUT2D eigenvalue weighted by Crippen LogP contribution is -2.50. The summed E-state index contributed by atoms with van der Waals surface area (Å²) in [6.07, 6.45) is 2.54. The smallest absolute Gasteiger partial charge is 0.307 e. The standard InChI is InChI=1S/C18H20FNO4/c19-13-5-3-11(4-6-13)16(21)12-2-1-9-20(10-12)17(22)14-7-8-15(14)18(23)24/h3-6,12,14-15H,1-2,7-10H2,(H,23,24). The van der Waals surface area contributed by atoms with E-state index in [4.69, 9.17) is 5.11 Å². The Morgan fingerprint density at radius 3 is 2.29 bits per heavy atom. The van der Waals surface area contributed by atoms with Crippen LogP contribution in [0.25, 0.3) is 0 Å². The normalized spacial score (nSPS) is 26.5. The van der Waals surface area contributed by atoms with E-state index in [1.165, 1.54) is 24.3 Å². The first-order chi connectivity index (χ1) is 11.5. The third-order valence-corrected chi connectivity index (χ3v) is 5.14. The SMILES string of the molecule is O=C(c1ccc(F)cc1)C1CCCN(C(=O)C2CCC2C(=O)O)C1. The molecule has 3 atom stereocenters. The maximum absolute atomic E-state index is 13.0. The number of benzene rings is 1. The number of piperidine rings is 1. The number of halogens is 1. The van der Waals surface area contributed by atoms with E-state index in [0.717, 1.165) is 0 Å². The largest absolute Gasteiger partial charge is 0.481 e. The number of hydrogen-bond acceptors (Lipinski definition) is 3. The number of carboxylic acids is 1. The zero-order chi connectivity index (χ0) is 17.3. The second kappa shape index (κ2) is 6.71. The van der Waals surface area contributed by atoms with E-state index in [1.54, 1.807) is 4.90 Å². The predicted octanol–water partition coefficient (Wildman–Crippen LogP) is 2.36. The van der Waals surface area contributed by atoms with Crippen molar-refractivity contribution in [1.82, 2.24) is 4.90 Å². The van der Waals surface area contributed by atoms with Gasteiger partial charge in [-0.3, -0.25) is 14.4 Å². The van der Waals surface area contributed by atoms with Crippen molar-refractivity contribution in [3.63, 3.8) is 0 Å². The minimum Gasteiger partial charge on any atom is -0.481 e. The molecule has 3 rings (SSSR count). The lowest BCUT2D eigenvalue weighted by atomic mass is 9.72. The number of carbonyl (C=O) groups is 3. The summed E-state index contributed by atoms with van der Waals surface area (Å²) < 4.78 is 13.0. The summed E-state index contributed by atoms with van der Waals surface area (Å²) in [7, 11) is 0. The van der Waals surface area contributed by atoms with Crippen LogP contribution >= 0.6 is 0 Å². The summed E-state index contributed by atoms with van der Waals surface area (Å²) in [6, 6.07) is 5.44. The minimum atomic E-state index is -0.921. The molecule has 1 aromatic rings. The zero-order valence-corrected chi connectivity index (χ0v) is 13.3. The molecule has 128 valence electrons. The number of Topliss-reactive ketones (excluding diaryl/α,β-unsaturated/α-hetero) is 1. The summed E-state index contributed by atoms with van der Waals surface area (Å²) >= 11 is 0. The fraction of sp³-hybridized carbons (Fsp3) is 0.500. The number of rotatable bonds is 4. The van der Waals surface area contributed by atoms with E-state index in [-0.39, 0.29) is 17.6 Å². The molecular formula is C18H20FNO4. The molecule has 1 saturated heterocycles. The second-order valence-electron chi connectivity index (χ2n) is 6.62. The number of carbonyl (C=O) groups excluding carboxylic acids is 2. The molecule has 6 heteroatoms. The van der Waals surface area contributed by atoms with Crippen molar-refractivity contribution in [3.05, 3.63) is 35.6 Å². The van der Waals surface area contributed by atoms with E-state index in [1.807, 2.05) is 0 Å². The average Bonchev–Trinajstić information content (AvgIpc) is 2.53. The second-order valence-corrected chi connectivity index (χ2v) is 6.62. The lowest BCUT2D eigenvalue weighted by molar-refractivity contribution is -0.157. The first kappa shape index (κ1) is 16.6. The predicted molar refractivity (Wildman–Crippen MR) is 83.9 cm³/mol. The van der Waals surface area contributed by atoms with Crippen molar-refractivity contribution in [1.29, 1.82) is 0 Å². The number of hydrogen-bond donors (Lipinski definition) is 1. The molecule has 2 aliphatic rings. The molecule has 1 aromatic carbocycles. The molecule has 1 heterocycles. The van der Waals surface area contributed by atoms with Gasteiger partial charge in [0, 0.05) is 24.6 Å². The third-order valence-electron chi connectivity index (χ3n) is 5.14. The summed E-state index contributed by atoms with van der Waals surface area (Å²) in [5.74, 6) is -2.90. The number of likely N-dealkylation sites (tertiary alicyclic amines) is 1. The van der Waals surface area contributed by atoms with E-state index in [9.17, 15) is 18.8 Å². The molecular weight excluding hydrogens is 313 g/mol. The Morgan fingerprint density at radius 2 is 1.71 bits per heavy atom. The van der Waals surface area contributed by atoms with Crippen LogP contribution < -0.4 is 0 Å². The fourth-order valence-electron chi connectivity index (χ4n) is 3.57. The van der Waals surface area contributed by atoms with Crippen LogP contribution in [0.2, 0.25) is 0 Å². The molecule has 1 amide bonds. The van der Waals surface area contributed by atoms with E-state index >= 15 is 0 Å². The molecule has 24 heavy (non-hydrogen) atoms. The van der Waals surface area contributed by atoms with Gasteiger partial charge in [0.25, 0.3) is 0 Å². The van der Waals surface area contributed by atoms with Crippen molar-refractivity contribution in [3.8, 4) is 0 Å². The molecule has 1 N–H and O–H groups in total. The van der Waals surface area contributed by atoms with Gasteiger partial charge in [-0.1, -0.05) is 0 Å². The van der Waals surface area contributed by atoms with Gasteiger partial charge < -0.3 is 10.0 Å². The van der Waals surface area contributed by atoms with E-state index < -0.39 is 23.6 Å². The monoisotopic (exact) mass is 333 g/mol. The Bertz CT molecular complexity index is 657. The fourth-order valence-corrected chi connectivity index (χ4v) is 3.57. The van der Waals surface area contributed by atoms with Crippen molar-refractivity contribution in [2.45, 2.75) is 25.7 Å². The first-order valence-electron chi connectivity index (χ1n) is 8.28. The van der Waals surface area contributed by atoms with Crippen LogP contribution in [0.5, 0.6) is 0 Å². The van der Waals surface area contributed by atoms with Crippen LogP contribution in [-0.2, 0) is 9.59 Å². The Hall–Kier alpha value is -2.24. The van der Waals surface area contributed by atoms with E-state index in [2.05, 4.69) is 0 Å². The highest BCUT2D eigenvalue weighted by molar-refractivity contribution is 5.98. The highest BCUT2D eigenvalue weighted by Gasteiger charge is 2.44. The van der Waals surface area contributed by atoms with Gasteiger partial charge in [-0.25, -0.2) is 4.39 Å².